The number of hydrogen-bond donors (Lipinski definition) is 1. The number of ether oxygens (including phenoxy) is 1. The monoisotopic (exact) mass is 271 g/mol. The molecule has 0 aromatic carbocycles. The zero-order valence-electron chi connectivity index (χ0n) is 11.4. The number of nitrogens with zero attached hydrogens (tertiary/aromatic N) is 2. The number of hydrogen-bond acceptors (Lipinski definition) is 3. The zero-order chi connectivity index (χ0) is 13.2. The van der Waals surface area contributed by atoms with Crippen molar-refractivity contribution in [1.29, 1.82) is 0 Å². The number of rotatable bonds is 4. The third-order valence-electron chi connectivity index (χ3n) is 3.90. The number of alkyl halides is 1. The van der Waals surface area contributed by atoms with Gasteiger partial charge in [-0.2, -0.15) is 5.10 Å². The average molecular weight is 272 g/mol. The van der Waals surface area contributed by atoms with E-state index in [4.69, 9.17) is 16.3 Å². The van der Waals surface area contributed by atoms with Gasteiger partial charge in [-0.1, -0.05) is 13.8 Å². The maximum Gasteiger partial charge on any atom is 0.182 e. The van der Waals surface area contributed by atoms with Crippen LogP contribution in [0.15, 0.2) is 0 Å². The Morgan fingerprint density at radius 3 is 2.44 bits per heavy atom. The third-order valence-corrected chi connectivity index (χ3v) is 4.15. The van der Waals surface area contributed by atoms with Gasteiger partial charge in [0.05, 0.1) is 5.88 Å². The maximum atomic E-state index is 6.02. The molecule has 0 radical (unpaired) electrons. The number of aromatic nitrogens is 3. The van der Waals surface area contributed by atoms with Crippen LogP contribution in [0.1, 0.15) is 58.1 Å². The molecule has 2 rings (SSSR count). The molecule has 0 amide bonds. The van der Waals surface area contributed by atoms with Gasteiger partial charge in [0.2, 0.25) is 0 Å². The van der Waals surface area contributed by atoms with Crippen molar-refractivity contribution in [1.82, 2.24) is 15.2 Å². The summed E-state index contributed by atoms with van der Waals surface area (Å²) in [6.45, 7) is 7.33. The van der Waals surface area contributed by atoms with Crippen molar-refractivity contribution in [3.63, 3.8) is 0 Å². The lowest BCUT2D eigenvalue weighted by atomic mass is 9.70. The normalized spacial score (nSPS) is 22.0. The van der Waals surface area contributed by atoms with E-state index in [1.165, 1.54) is 0 Å². The molecule has 0 saturated heterocycles. The van der Waals surface area contributed by atoms with Gasteiger partial charge in [-0.25, -0.2) is 4.98 Å². The van der Waals surface area contributed by atoms with Crippen molar-refractivity contribution in [2.75, 3.05) is 6.61 Å². The fourth-order valence-corrected chi connectivity index (χ4v) is 2.72. The van der Waals surface area contributed by atoms with Gasteiger partial charge in [0.25, 0.3) is 0 Å². The van der Waals surface area contributed by atoms with E-state index in [-0.39, 0.29) is 5.60 Å². The van der Waals surface area contributed by atoms with Crippen molar-refractivity contribution in [3.05, 3.63) is 11.6 Å². The minimum absolute atomic E-state index is 0.314. The van der Waals surface area contributed by atoms with Gasteiger partial charge in [0.1, 0.15) is 11.4 Å². The molecule has 1 aromatic rings. The van der Waals surface area contributed by atoms with Crippen molar-refractivity contribution < 1.29 is 4.74 Å². The van der Waals surface area contributed by atoms with Gasteiger partial charge < -0.3 is 4.74 Å². The standard InChI is InChI=1S/C13H22ClN3O/c1-4-18-13(7-5-12(2,3)6-8-13)11-15-10(9-14)16-17-11/h4-9H2,1-3H3,(H,15,16,17). The first-order valence-corrected chi connectivity index (χ1v) is 7.16. The molecule has 102 valence electrons. The maximum absolute atomic E-state index is 6.02. The molecule has 1 aliphatic carbocycles. The highest BCUT2D eigenvalue weighted by atomic mass is 35.5. The van der Waals surface area contributed by atoms with E-state index in [1.807, 2.05) is 6.92 Å². The van der Waals surface area contributed by atoms with Crippen molar-refractivity contribution in [2.24, 2.45) is 5.41 Å². The van der Waals surface area contributed by atoms with Crippen molar-refractivity contribution >= 4 is 11.6 Å². The summed E-state index contributed by atoms with van der Waals surface area (Å²) in [6.07, 6.45) is 4.23. The smallest absolute Gasteiger partial charge is 0.182 e. The van der Waals surface area contributed by atoms with Crippen LogP contribution in [0.3, 0.4) is 0 Å². The Morgan fingerprint density at radius 1 is 1.28 bits per heavy atom. The Labute approximate surface area is 113 Å². The predicted octanol–water partition coefficient (Wildman–Crippen LogP) is 3.38. The lowest BCUT2D eigenvalue weighted by Gasteiger charge is -2.41. The van der Waals surface area contributed by atoms with E-state index >= 15 is 0 Å². The molecule has 0 bridgehead atoms. The minimum Gasteiger partial charge on any atom is -0.367 e. The second-order valence-electron chi connectivity index (χ2n) is 5.83. The molecule has 4 nitrogen and oxygen atoms in total. The quantitative estimate of drug-likeness (QED) is 0.854. The van der Waals surface area contributed by atoms with E-state index in [1.54, 1.807) is 0 Å². The molecule has 0 unspecified atom stereocenters. The Bertz CT molecular complexity index is 393. The molecule has 1 aromatic heterocycles. The topological polar surface area (TPSA) is 50.8 Å². The van der Waals surface area contributed by atoms with Crippen molar-refractivity contribution in [3.8, 4) is 0 Å². The fraction of sp³-hybridized carbons (Fsp3) is 0.846. The summed E-state index contributed by atoms with van der Waals surface area (Å²) in [5, 5.41) is 7.19. The Balaban J connectivity index is 2.22. The van der Waals surface area contributed by atoms with Crippen LogP contribution in [0, 0.1) is 5.41 Å². The molecule has 0 atom stereocenters. The molecule has 18 heavy (non-hydrogen) atoms. The van der Waals surface area contributed by atoms with Crippen LogP contribution in [-0.2, 0) is 16.2 Å². The molecule has 5 heteroatoms. The summed E-state index contributed by atoms with van der Waals surface area (Å²) < 4.78 is 6.02. The Kier molecular flexibility index (Phi) is 3.97. The first kappa shape index (κ1) is 13.8. The SMILES string of the molecule is CCOC1(c2n[nH]c(CCl)n2)CCC(C)(C)CC1. The fourth-order valence-electron chi connectivity index (χ4n) is 2.60. The summed E-state index contributed by atoms with van der Waals surface area (Å²) in [4.78, 5) is 4.47. The first-order chi connectivity index (χ1) is 8.51. The largest absolute Gasteiger partial charge is 0.367 e. The van der Waals surface area contributed by atoms with E-state index in [0.717, 1.165) is 37.3 Å². The van der Waals surface area contributed by atoms with Crippen LogP contribution < -0.4 is 0 Å². The van der Waals surface area contributed by atoms with Crippen LogP contribution in [0.4, 0.5) is 0 Å². The van der Waals surface area contributed by atoms with Crippen molar-refractivity contribution in [2.45, 2.75) is 57.9 Å². The molecule has 1 saturated carbocycles. The summed E-state index contributed by atoms with van der Waals surface area (Å²) in [5.41, 5.74) is 0.0807. The van der Waals surface area contributed by atoms with Gasteiger partial charge in [-0.05, 0) is 38.0 Å². The predicted molar refractivity (Wildman–Crippen MR) is 71.5 cm³/mol. The summed E-state index contributed by atoms with van der Waals surface area (Å²) >= 11 is 5.77. The average Bonchev–Trinajstić information content (AvgIpc) is 2.82. The highest BCUT2D eigenvalue weighted by Crippen LogP contribution is 2.46. The van der Waals surface area contributed by atoms with E-state index in [9.17, 15) is 0 Å². The second kappa shape index (κ2) is 5.17. The molecule has 1 aliphatic rings. The molecule has 0 spiro atoms. The molecule has 1 heterocycles. The third kappa shape index (κ3) is 2.69. The van der Waals surface area contributed by atoms with E-state index in [0.29, 0.717) is 17.9 Å². The second-order valence-corrected chi connectivity index (χ2v) is 6.10. The number of halogens is 1. The highest BCUT2D eigenvalue weighted by molar-refractivity contribution is 6.16. The van der Waals surface area contributed by atoms with Gasteiger partial charge in [-0.3, -0.25) is 5.10 Å². The molecule has 1 N–H and O–H groups in total. The number of nitrogens with one attached hydrogen (secondary N) is 1. The van der Waals surface area contributed by atoms with Crippen LogP contribution >= 0.6 is 11.6 Å². The Hall–Kier alpha value is -0.610. The first-order valence-electron chi connectivity index (χ1n) is 6.63. The molecular formula is C13H22ClN3O. The van der Waals surface area contributed by atoms with Gasteiger partial charge in [-0.15, -0.1) is 11.6 Å². The molecule has 0 aliphatic heterocycles. The summed E-state index contributed by atoms with van der Waals surface area (Å²) in [6, 6.07) is 0. The van der Waals surface area contributed by atoms with Gasteiger partial charge >= 0.3 is 0 Å². The van der Waals surface area contributed by atoms with Crippen LogP contribution in [0.5, 0.6) is 0 Å². The number of H-pyrrole nitrogens is 1. The lowest BCUT2D eigenvalue weighted by molar-refractivity contribution is -0.0946. The number of aromatic amines is 1. The van der Waals surface area contributed by atoms with Gasteiger partial charge in [0, 0.05) is 6.61 Å². The Morgan fingerprint density at radius 2 is 1.94 bits per heavy atom. The van der Waals surface area contributed by atoms with E-state index in [2.05, 4.69) is 29.0 Å². The van der Waals surface area contributed by atoms with Gasteiger partial charge in [0.15, 0.2) is 5.82 Å². The molecular weight excluding hydrogens is 250 g/mol. The lowest BCUT2D eigenvalue weighted by Crippen LogP contribution is -2.38. The minimum atomic E-state index is -0.314. The zero-order valence-corrected chi connectivity index (χ0v) is 12.2. The van der Waals surface area contributed by atoms with Crippen LogP contribution in [-0.4, -0.2) is 21.8 Å². The highest BCUT2D eigenvalue weighted by Gasteiger charge is 2.43. The summed E-state index contributed by atoms with van der Waals surface area (Å²) in [5.74, 6) is 1.85. The summed E-state index contributed by atoms with van der Waals surface area (Å²) in [7, 11) is 0. The van der Waals surface area contributed by atoms with E-state index < -0.39 is 0 Å². The molecule has 1 fully saturated rings. The van der Waals surface area contributed by atoms with Crippen LogP contribution in [0.25, 0.3) is 0 Å². The van der Waals surface area contributed by atoms with Crippen LogP contribution in [0.2, 0.25) is 0 Å².